The van der Waals surface area contributed by atoms with Gasteiger partial charge in [-0.2, -0.15) is 4.74 Å². The molecule has 20 heavy (non-hydrogen) atoms. The van der Waals surface area contributed by atoms with Crippen LogP contribution in [-0.2, 0) is 4.84 Å². The van der Waals surface area contributed by atoms with Gasteiger partial charge in [0.1, 0.15) is 5.54 Å². The third-order valence-electron chi connectivity index (χ3n) is 3.81. The number of hydrogen-bond donors (Lipinski definition) is 1. The second-order valence-corrected chi connectivity index (χ2v) is 7.19. The lowest BCUT2D eigenvalue weighted by atomic mass is 9.95. The Morgan fingerprint density at radius 1 is 1.30 bits per heavy atom. The molecule has 0 aromatic carbocycles. The lowest BCUT2D eigenvalue weighted by Gasteiger charge is -2.32. The molecule has 1 aliphatic rings. The molecule has 0 aliphatic carbocycles. The van der Waals surface area contributed by atoms with Crippen LogP contribution in [0.25, 0.3) is 0 Å². The van der Waals surface area contributed by atoms with Crippen LogP contribution in [0.2, 0.25) is 0 Å². The van der Waals surface area contributed by atoms with Crippen LogP contribution >= 0.6 is 0 Å². The summed E-state index contributed by atoms with van der Waals surface area (Å²) in [6.07, 6.45) is 0. The van der Waals surface area contributed by atoms with Crippen molar-refractivity contribution in [3.63, 3.8) is 0 Å². The highest BCUT2D eigenvalue weighted by molar-refractivity contribution is 6.42. The number of amidine groups is 1. The van der Waals surface area contributed by atoms with Crippen molar-refractivity contribution in [2.75, 3.05) is 14.2 Å². The van der Waals surface area contributed by atoms with Crippen molar-refractivity contribution in [1.82, 2.24) is 10.4 Å². The van der Waals surface area contributed by atoms with Crippen LogP contribution in [0.5, 0.6) is 0 Å². The lowest BCUT2D eigenvalue weighted by Crippen LogP contribution is -2.53. The summed E-state index contributed by atoms with van der Waals surface area (Å²) in [4.78, 5) is 11.7. The van der Waals surface area contributed by atoms with Gasteiger partial charge in [-0.1, -0.05) is 0 Å². The maximum atomic E-state index is 12.7. The fourth-order valence-electron chi connectivity index (χ4n) is 2.44. The average molecular weight is 284 g/mol. The zero-order valence-corrected chi connectivity index (χ0v) is 14.2. The predicted octanol–water partition coefficient (Wildman–Crippen LogP) is 1.75. The molecule has 0 saturated heterocycles. The van der Waals surface area contributed by atoms with E-state index in [0.717, 1.165) is 4.74 Å². The molecule has 6 nitrogen and oxygen atoms in total. The lowest BCUT2D eigenvalue weighted by molar-refractivity contribution is -0.555. The van der Waals surface area contributed by atoms with Crippen molar-refractivity contribution < 1.29 is 9.58 Å². The minimum atomic E-state index is -0.632. The third kappa shape index (κ3) is 2.81. The molecule has 0 aromatic heterocycles. The molecule has 1 N–H and O–H groups in total. The second-order valence-electron chi connectivity index (χ2n) is 7.19. The van der Waals surface area contributed by atoms with E-state index in [-0.39, 0.29) is 5.54 Å². The quantitative estimate of drug-likeness (QED) is 0.276. The number of rotatable bonds is 2. The van der Waals surface area contributed by atoms with E-state index in [9.17, 15) is 5.21 Å². The van der Waals surface area contributed by atoms with Gasteiger partial charge in [-0.25, -0.2) is 10.4 Å². The molecule has 0 amide bonds. The van der Waals surface area contributed by atoms with Gasteiger partial charge >= 0.3 is 0 Å². The molecular formula is C14H28N4O2. The van der Waals surface area contributed by atoms with Gasteiger partial charge in [-0.05, 0) is 41.7 Å². The van der Waals surface area contributed by atoms with Crippen LogP contribution in [0.1, 0.15) is 48.5 Å². The van der Waals surface area contributed by atoms with Crippen molar-refractivity contribution >= 4 is 11.5 Å². The first kappa shape index (κ1) is 16.9. The standard InChI is InChI=1S/C14H28N4O2/c1-12(2,3)15-11(16-20-9)10-13(4,5)17(8)14(6,7)18(10)19/h1-9H3,(H,15,16). The summed E-state index contributed by atoms with van der Waals surface area (Å²) in [7, 11) is 3.46. The molecule has 0 fully saturated rings. The largest absolute Gasteiger partial charge is 0.622 e. The zero-order chi connectivity index (χ0) is 15.9. The van der Waals surface area contributed by atoms with Crippen molar-refractivity contribution in [1.29, 1.82) is 0 Å². The van der Waals surface area contributed by atoms with E-state index in [0.29, 0.717) is 11.5 Å². The first-order chi connectivity index (χ1) is 8.85. The molecule has 0 spiro atoms. The van der Waals surface area contributed by atoms with Gasteiger partial charge in [-0.3, -0.25) is 9.83 Å². The SMILES string of the molecule is CONC(=NC(C)(C)C)C1=[N+]([O-])C(C)(C)N(C)C1(C)C. The van der Waals surface area contributed by atoms with Crippen molar-refractivity contribution in [2.45, 2.75) is 65.2 Å². The van der Waals surface area contributed by atoms with Crippen molar-refractivity contribution in [3.8, 4) is 0 Å². The fourth-order valence-corrected chi connectivity index (χ4v) is 2.44. The van der Waals surface area contributed by atoms with E-state index < -0.39 is 11.2 Å². The molecule has 0 bridgehead atoms. The van der Waals surface area contributed by atoms with E-state index in [4.69, 9.17) is 4.84 Å². The number of nitrogens with one attached hydrogen (secondary N) is 1. The topological polar surface area (TPSA) is 62.9 Å². The van der Waals surface area contributed by atoms with Gasteiger partial charge in [-0.15, -0.1) is 0 Å². The van der Waals surface area contributed by atoms with Gasteiger partial charge in [0.05, 0.1) is 12.6 Å². The number of nitrogens with zero attached hydrogens (tertiary/aromatic N) is 3. The summed E-state index contributed by atoms with van der Waals surface area (Å²) in [5, 5.41) is 12.7. The Morgan fingerprint density at radius 3 is 2.10 bits per heavy atom. The van der Waals surface area contributed by atoms with E-state index in [1.807, 2.05) is 60.4 Å². The maximum Gasteiger partial charge on any atom is 0.253 e. The highest BCUT2D eigenvalue weighted by Crippen LogP contribution is 2.33. The molecule has 1 rings (SSSR count). The van der Waals surface area contributed by atoms with Crippen LogP contribution in [0.15, 0.2) is 4.99 Å². The summed E-state index contributed by atoms with van der Waals surface area (Å²) in [5.74, 6) is 0.484. The van der Waals surface area contributed by atoms with Gasteiger partial charge in [0.15, 0.2) is 0 Å². The summed E-state index contributed by atoms with van der Waals surface area (Å²) < 4.78 is 1.02. The second kappa shape index (κ2) is 5.00. The monoisotopic (exact) mass is 284 g/mol. The van der Waals surface area contributed by atoms with Crippen LogP contribution in [-0.4, -0.2) is 52.1 Å². The molecule has 0 atom stereocenters. The molecule has 6 heteroatoms. The summed E-state index contributed by atoms with van der Waals surface area (Å²) >= 11 is 0. The number of hydrogen-bond acceptors (Lipinski definition) is 4. The normalized spacial score (nSPS) is 23.4. The van der Waals surface area contributed by atoms with Crippen LogP contribution in [0.3, 0.4) is 0 Å². The van der Waals surface area contributed by atoms with E-state index in [1.165, 1.54) is 7.11 Å². The Hall–Kier alpha value is -1.14. The molecule has 0 radical (unpaired) electrons. The minimum absolute atomic E-state index is 0.309. The van der Waals surface area contributed by atoms with Gasteiger partial charge in [0.2, 0.25) is 11.5 Å². The van der Waals surface area contributed by atoms with Crippen LogP contribution < -0.4 is 5.48 Å². The van der Waals surface area contributed by atoms with Gasteiger partial charge in [0, 0.05) is 13.8 Å². The third-order valence-corrected chi connectivity index (χ3v) is 3.81. The van der Waals surface area contributed by atoms with Crippen molar-refractivity contribution in [3.05, 3.63) is 5.21 Å². The van der Waals surface area contributed by atoms with E-state index in [2.05, 4.69) is 10.5 Å². The Bertz CT molecular complexity index is 445. The van der Waals surface area contributed by atoms with Crippen LogP contribution in [0, 0.1) is 5.21 Å². The Labute approximate surface area is 122 Å². The van der Waals surface area contributed by atoms with E-state index >= 15 is 0 Å². The maximum absolute atomic E-state index is 12.7. The fraction of sp³-hybridized carbons (Fsp3) is 0.857. The summed E-state index contributed by atoms with van der Waals surface area (Å²) in [6, 6.07) is 0. The molecule has 1 heterocycles. The average Bonchev–Trinajstić information content (AvgIpc) is 2.35. The molecule has 0 aromatic rings. The predicted molar refractivity (Wildman–Crippen MR) is 81.9 cm³/mol. The number of hydroxylamine groups is 2. The highest BCUT2D eigenvalue weighted by Gasteiger charge is 2.56. The Kier molecular flexibility index (Phi) is 4.23. The number of aliphatic imine (C=N–C) groups is 1. The summed E-state index contributed by atoms with van der Waals surface area (Å²) in [6.45, 7) is 13.8. The van der Waals surface area contributed by atoms with E-state index in [1.54, 1.807) is 0 Å². The Morgan fingerprint density at radius 2 is 1.80 bits per heavy atom. The summed E-state index contributed by atoms with van der Waals surface area (Å²) in [5.41, 5.74) is 1.97. The first-order valence-corrected chi connectivity index (χ1v) is 6.83. The van der Waals surface area contributed by atoms with Gasteiger partial charge in [0.25, 0.3) is 5.71 Å². The highest BCUT2D eigenvalue weighted by atomic mass is 16.6. The smallest absolute Gasteiger partial charge is 0.253 e. The molecule has 0 saturated carbocycles. The van der Waals surface area contributed by atoms with Gasteiger partial charge < -0.3 is 5.21 Å². The molecule has 0 unspecified atom stereocenters. The Balaban J connectivity index is 3.46. The minimum Gasteiger partial charge on any atom is -0.622 e. The molecule has 116 valence electrons. The zero-order valence-electron chi connectivity index (χ0n) is 14.2. The first-order valence-electron chi connectivity index (χ1n) is 6.83. The van der Waals surface area contributed by atoms with Crippen LogP contribution in [0.4, 0.5) is 0 Å². The molecular weight excluding hydrogens is 256 g/mol. The molecule has 1 aliphatic heterocycles. The van der Waals surface area contributed by atoms with Crippen molar-refractivity contribution in [2.24, 2.45) is 4.99 Å².